The first kappa shape index (κ1) is 8.46. The van der Waals surface area contributed by atoms with Gasteiger partial charge in [0.15, 0.2) is 0 Å². The summed E-state index contributed by atoms with van der Waals surface area (Å²) in [6.45, 7) is 2.99. The van der Waals surface area contributed by atoms with Crippen molar-refractivity contribution >= 4 is 2.31 Å². The van der Waals surface area contributed by atoms with Crippen LogP contribution in [0.2, 0.25) is 0 Å². The molecule has 1 aliphatic heterocycles. The molecular weight excluding hydrogens is 243 g/mol. The summed E-state index contributed by atoms with van der Waals surface area (Å²) in [6.07, 6.45) is 2.75. The minimum atomic E-state index is 0.168. The van der Waals surface area contributed by atoms with Crippen molar-refractivity contribution in [3.05, 3.63) is 0 Å². The molecule has 0 bridgehead atoms. The summed E-state index contributed by atoms with van der Waals surface area (Å²) in [5.74, 6) is 0. The summed E-state index contributed by atoms with van der Waals surface area (Å²) in [5.41, 5.74) is 0. The van der Waals surface area contributed by atoms with Crippen molar-refractivity contribution < 1.29 is 48.6 Å². The Balaban J connectivity index is 2.14. The van der Waals surface area contributed by atoms with Crippen LogP contribution in [0.3, 0.4) is 0 Å². The van der Waals surface area contributed by atoms with Gasteiger partial charge in [-0.15, -0.1) is 0 Å². The van der Waals surface area contributed by atoms with Crippen molar-refractivity contribution in [2.75, 3.05) is 6.61 Å². The molecule has 1 rings (SSSR count). The Bertz CT molecular complexity index is 89.0. The summed E-state index contributed by atoms with van der Waals surface area (Å²) < 4.78 is 10.9. The van der Waals surface area contributed by atoms with E-state index in [1.54, 1.807) is 0 Å². The van der Waals surface area contributed by atoms with Gasteiger partial charge in [-0.2, -0.15) is 0 Å². The molecule has 9 heavy (non-hydrogen) atoms. The molecule has 0 aliphatic carbocycles. The van der Waals surface area contributed by atoms with Crippen LogP contribution < -0.4 is 0 Å². The van der Waals surface area contributed by atoms with Gasteiger partial charge in [0.1, 0.15) is 0 Å². The van der Waals surface area contributed by atoms with E-state index in [1.807, 2.05) is 0 Å². The van der Waals surface area contributed by atoms with Gasteiger partial charge in [0, 0.05) is 0 Å². The quantitative estimate of drug-likeness (QED) is 0.676. The Labute approximate surface area is 82.6 Å². The van der Waals surface area contributed by atoms with Crippen LogP contribution in [0, 0.1) is 39.3 Å². The van der Waals surface area contributed by atoms with Gasteiger partial charge in [0.2, 0.25) is 0 Å². The third-order valence-electron chi connectivity index (χ3n) is 1.36. The van der Waals surface area contributed by atoms with Gasteiger partial charge in [-0.05, 0) is 0 Å². The van der Waals surface area contributed by atoms with Crippen LogP contribution in [0.1, 0.15) is 19.8 Å². The summed E-state index contributed by atoms with van der Waals surface area (Å²) in [4.78, 5) is 0. The molecule has 0 saturated carbocycles. The Kier molecular flexibility index (Phi) is 4.03. The Morgan fingerprint density at radius 3 is 3.00 bits per heavy atom. The maximum atomic E-state index is 5.44. The van der Waals surface area contributed by atoms with Crippen LogP contribution in [-0.4, -0.2) is 15.0 Å². The third-order valence-corrected chi connectivity index (χ3v) is 2.31. The van der Waals surface area contributed by atoms with Crippen LogP contribution in [0.15, 0.2) is 0 Å². The van der Waals surface area contributed by atoms with Crippen LogP contribution in [0.25, 0.3) is 0 Å². The zero-order valence-corrected chi connectivity index (χ0v) is 8.73. The molecule has 0 amide bonds. The second-order valence-electron chi connectivity index (χ2n) is 2.21. The van der Waals surface area contributed by atoms with E-state index in [1.165, 1.54) is 6.42 Å². The fourth-order valence-electron chi connectivity index (χ4n) is 0.921. The van der Waals surface area contributed by atoms with Gasteiger partial charge in [-0.25, -0.2) is 0 Å². The van der Waals surface area contributed by atoms with Crippen molar-refractivity contribution in [2.24, 2.45) is 0 Å². The van der Waals surface area contributed by atoms with E-state index >= 15 is 0 Å². The average Bonchev–Trinajstić information content (AvgIpc) is 2.17. The van der Waals surface area contributed by atoms with E-state index in [0.29, 0.717) is 6.10 Å². The Morgan fingerprint density at radius 2 is 2.56 bits per heavy atom. The molecule has 2 nitrogen and oxygen atoms in total. The topological polar surface area (TPSA) is 18.5 Å². The van der Waals surface area contributed by atoms with Crippen molar-refractivity contribution in [3.63, 3.8) is 0 Å². The van der Waals surface area contributed by atoms with E-state index < -0.39 is 0 Å². The van der Waals surface area contributed by atoms with Crippen molar-refractivity contribution in [3.8, 4) is 0 Å². The predicted octanol–water partition coefficient (Wildman–Crippen LogP) is 0.736. The fraction of sp³-hybridized carbons (Fsp3) is 1.00. The first-order valence-corrected chi connectivity index (χ1v) is 5.12. The van der Waals surface area contributed by atoms with Gasteiger partial charge in [0.25, 0.3) is 0 Å². The molecule has 0 radical (unpaired) electrons. The molecule has 0 aromatic heterocycles. The van der Waals surface area contributed by atoms with E-state index in [-0.39, 0.29) is 2.31 Å². The summed E-state index contributed by atoms with van der Waals surface area (Å²) in [5, 5.41) is 0. The molecular formula is C5H10BCeO2. The Hall–Kier alpha value is 1.36. The molecule has 4 heteroatoms. The first-order chi connectivity index (χ1) is 4.33. The van der Waals surface area contributed by atoms with Gasteiger partial charge < -0.3 is 0 Å². The monoisotopic (exact) mass is 253 g/mol. The molecule has 1 unspecified atom stereocenters. The number of hydrogen-bond acceptors (Lipinski definition) is 2. The van der Waals surface area contributed by atoms with Crippen molar-refractivity contribution in [1.29, 1.82) is 0 Å². The molecule has 1 fully saturated rings. The first-order valence-electron chi connectivity index (χ1n) is 3.31. The molecule has 1 saturated heterocycles. The molecule has 0 spiro atoms. The standard InChI is InChI=1S/C5H10BO2.Ce/c1-2-3-5-4-7-6-8-5;/h5H,2-4H2,1H3;/q+1;-1. The van der Waals surface area contributed by atoms with Gasteiger partial charge in [0.05, 0.1) is 0 Å². The predicted molar refractivity (Wildman–Crippen MR) is 31.5 cm³/mol. The van der Waals surface area contributed by atoms with Gasteiger partial charge in [-0.1, -0.05) is 0 Å². The van der Waals surface area contributed by atoms with E-state index in [4.69, 9.17) is 9.31 Å². The van der Waals surface area contributed by atoms with Gasteiger partial charge >= 0.3 is 83.4 Å². The third kappa shape index (κ3) is 2.84. The molecule has 1 aliphatic rings. The molecule has 49 valence electrons. The SMILES string of the molecule is CCCC1CO[B]([Ce])O1. The second-order valence-corrected chi connectivity index (χ2v) is 3.69. The van der Waals surface area contributed by atoms with Crippen LogP contribution >= 0.6 is 0 Å². The normalized spacial score (nSPS) is 27.1. The minimum absolute atomic E-state index is 0.168. The summed E-state index contributed by atoms with van der Waals surface area (Å²) >= 11 is 1.00. The molecule has 0 aromatic carbocycles. The Morgan fingerprint density at radius 1 is 1.78 bits per heavy atom. The zero-order chi connectivity index (χ0) is 6.69. The van der Waals surface area contributed by atoms with Crippen molar-refractivity contribution in [2.45, 2.75) is 25.9 Å². The zero-order valence-electron chi connectivity index (χ0n) is 5.59. The van der Waals surface area contributed by atoms with E-state index in [2.05, 4.69) is 6.92 Å². The summed E-state index contributed by atoms with van der Waals surface area (Å²) in [7, 11) is 0. The van der Waals surface area contributed by atoms with Crippen LogP contribution in [0.5, 0.6) is 0 Å². The van der Waals surface area contributed by atoms with Gasteiger partial charge in [-0.3, -0.25) is 0 Å². The van der Waals surface area contributed by atoms with Crippen LogP contribution in [-0.2, 0) is 9.31 Å². The fourth-order valence-corrected chi connectivity index (χ4v) is 1.83. The van der Waals surface area contributed by atoms with E-state index in [9.17, 15) is 0 Å². The van der Waals surface area contributed by atoms with E-state index in [0.717, 1.165) is 52.4 Å². The number of hydrogen-bond donors (Lipinski definition) is 0. The molecule has 1 atom stereocenters. The average molecular weight is 253 g/mol. The number of rotatable bonds is 2. The molecule has 1 heterocycles. The van der Waals surface area contributed by atoms with Crippen molar-refractivity contribution in [1.82, 2.24) is 0 Å². The maximum absolute atomic E-state index is 5.44. The summed E-state index contributed by atoms with van der Waals surface area (Å²) in [6, 6.07) is 0. The second kappa shape index (κ2) is 4.28. The van der Waals surface area contributed by atoms with Crippen LogP contribution in [0.4, 0.5) is 0 Å². The molecule has 0 N–H and O–H groups in total. The molecule has 0 aromatic rings.